The average Bonchev–Trinajstić information content (AvgIpc) is 2.62. The van der Waals surface area contributed by atoms with Crippen LogP contribution in [-0.4, -0.2) is 35.4 Å². The largest absolute Gasteiger partial charge is 0.349 e. The summed E-state index contributed by atoms with van der Waals surface area (Å²) in [6.07, 6.45) is 4.04. The van der Waals surface area contributed by atoms with Crippen molar-refractivity contribution in [3.8, 4) is 0 Å². The molecule has 0 spiro atoms. The Hall–Kier alpha value is -2.20. The Bertz CT molecular complexity index is 659. The Kier molecular flexibility index (Phi) is 5.26. The first-order valence-electron chi connectivity index (χ1n) is 8.60. The van der Waals surface area contributed by atoms with Gasteiger partial charge in [0.1, 0.15) is 0 Å². The molecule has 1 saturated heterocycles. The van der Waals surface area contributed by atoms with Gasteiger partial charge in [0.15, 0.2) is 0 Å². The maximum absolute atomic E-state index is 12.3. The number of carbonyl (C=O) groups is 1. The van der Waals surface area contributed by atoms with Gasteiger partial charge in [-0.1, -0.05) is 43.3 Å². The second-order valence-electron chi connectivity index (χ2n) is 6.84. The molecule has 0 saturated carbocycles. The van der Waals surface area contributed by atoms with Crippen LogP contribution in [0.5, 0.6) is 0 Å². The van der Waals surface area contributed by atoms with Gasteiger partial charge in [0.05, 0.1) is 18.8 Å². The molecule has 1 amide bonds. The minimum atomic E-state index is 0.0676. The van der Waals surface area contributed by atoms with Gasteiger partial charge in [0.2, 0.25) is 5.91 Å². The number of benzene rings is 1. The van der Waals surface area contributed by atoms with E-state index in [-0.39, 0.29) is 11.3 Å². The molecule has 2 heterocycles. The highest BCUT2D eigenvalue weighted by molar-refractivity contribution is 5.78. The van der Waals surface area contributed by atoms with Crippen LogP contribution in [0.4, 0.5) is 0 Å². The van der Waals surface area contributed by atoms with E-state index in [9.17, 15) is 4.79 Å². The summed E-state index contributed by atoms with van der Waals surface area (Å²) < 4.78 is 0. The smallest absolute Gasteiger partial charge is 0.234 e. The van der Waals surface area contributed by atoms with E-state index in [1.165, 1.54) is 12.0 Å². The van der Waals surface area contributed by atoms with Gasteiger partial charge in [0.25, 0.3) is 0 Å². The minimum Gasteiger partial charge on any atom is -0.349 e. The Morgan fingerprint density at radius 3 is 2.75 bits per heavy atom. The van der Waals surface area contributed by atoms with Crippen LogP contribution in [0.25, 0.3) is 0 Å². The van der Waals surface area contributed by atoms with E-state index in [0.29, 0.717) is 13.1 Å². The van der Waals surface area contributed by atoms with Crippen molar-refractivity contribution >= 4 is 5.91 Å². The SMILES string of the molecule is C[C@]1(c2ccccc2)CCCN(CC(=O)NCc2ccccn2)C1. The molecule has 126 valence electrons. The molecule has 1 aromatic carbocycles. The first-order valence-corrected chi connectivity index (χ1v) is 8.60. The van der Waals surface area contributed by atoms with Gasteiger partial charge in [-0.3, -0.25) is 14.7 Å². The van der Waals surface area contributed by atoms with Crippen LogP contribution < -0.4 is 5.32 Å². The van der Waals surface area contributed by atoms with E-state index >= 15 is 0 Å². The first kappa shape index (κ1) is 16.7. The third-order valence-corrected chi connectivity index (χ3v) is 4.81. The molecule has 2 aromatic rings. The Labute approximate surface area is 143 Å². The summed E-state index contributed by atoms with van der Waals surface area (Å²) in [6, 6.07) is 16.4. The lowest BCUT2D eigenvalue weighted by Gasteiger charge is -2.40. The van der Waals surface area contributed by atoms with E-state index in [4.69, 9.17) is 0 Å². The maximum Gasteiger partial charge on any atom is 0.234 e. The van der Waals surface area contributed by atoms with Gasteiger partial charge in [-0.2, -0.15) is 0 Å². The van der Waals surface area contributed by atoms with Crippen LogP contribution >= 0.6 is 0 Å². The number of nitrogens with one attached hydrogen (secondary N) is 1. The highest BCUT2D eigenvalue weighted by Gasteiger charge is 2.33. The Morgan fingerprint density at radius 2 is 2.00 bits per heavy atom. The molecule has 1 aromatic heterocycles. The molecule has 3 rings (SSSR count). The van der Waals surface area contributed by atoms with E-state index in [1.54, 1.807) is 6.20 Å². The van der Waals surface area contributed by atoms with Crippen molar-refractivity contribution in [2.24, 2.45) is 0 Å². The topological polar surface area (TPSA) is 45.2 Å². The molecule has 1 aliphatic heterocycles. The van der Waals surface area contributed by atoms with Crippen molar-refractivity contribution in [1.82, 2.24) is 15.2 Å². The van der Waals surface area contributed by atoms with Gasteiger partial charge in [-0.05, 0) is 37.1 Å². The van der Waals surface area contributed by atoms with Gasteiger partial charge in [-0.15, -0.1) is 0 Å². The predicted octanol–water partition coefficient (Wildman–Crippen LogP) is 2.75. The third kappa shape index (κ3) is 4.20. The lowest BCUT2D eigenvalue weighted by atomic mass is 9.76. The summed E-state index contributed by atoms with van der Waals surface area (Å²) in [7, 11) is 0. The van der Waals surface area contributed by atoms with E-state index in [0.717, 1.165) is 25.2 Å². The van der Waals surface area contributed by atoms with Crippen molar-refractivity contribution in [1.29, 1.82) is 0 Å². The molecule has 0 bridgehead atoms. The maximum atomic E-state index is 12.3. The fraction of sp³-hybridized carbons (Fsp3) is 0.400. The quantitative estimate of drug-likeness (QED) is 0.920. The van der Waals surface area contributed by atoms with Crippen molar-refractivity contribution < 1.29 is 4.79 Å². The molecule has 0 radical (unpaired) electrons. The van der Waals surface area contributed by atoms with Crippen molar-refractivity contribution in [2.75, 3.05) is 19.6 Å². The van der Waals surface area contributed by atoms with Gasteiger partial charge < -0.3 is 5.32 Å². The van der Waals surface area contributed by atoms with E-state index in [2.05, 4.69) is 52.5 Å². The number of hydrogen-bond acceptors (Lipinski definition) is 3. The monoisotopic (exact) mass is 323 g/mol. The highest BCUT2D eigenvalue weighted by Crippen LogP contribution is 2.33. The fourth-order valence-electron chi connectivity index (χ4n) is 3.51. The molecule has 1 aliphatic rings. The third-order valence-electron chi connectivity index (χ3n) is 4.81. The molecular weight excluding hydrogens is 298 g/mol. The molecule has 0 unspecified atom stereocenters. The van der Waals surface area contributed by atoms with Crippen LogP contribution in [0, 0.1) is 0 Å². The Morgan fingerprint density at radius 1 is 1.21 bits per heavy atom. The number of nitrogens with zero attached hydrogens (tertiary/aromatic N) is 2. The number of rotatable bonds is 5. The summed E-state index contributed by atoms with van der Waals surface area (Å²) in [5, 5.41) is 2.97. The normalized spacial score (nSPS) is 21.4. The molecule has 4 heteroatoms. The molecule has 0 aliphatic carbocycles. The highest BCUT2D eigenvalue weighted by atomic mass is 16.2. The van der Waals surface area contributed by atoms with Crippen LogP contribution in [0.1, 0.15) is 31.0 Å². The summed E-state index contributed by atoms with van der Waals surface area (Å²) in [4.78, 5) is 18.8. The number of carbonyl (C=O) groups excluding carboxylic acids is 1. The van der Waals surface area contributed by atoms with Crippen LogP contribution in [0.15, 0.2) is 54.7 Å². The second-order valence-corrected chi connectivity index (χ2v) is 6.84. The number of hydrogen-bond donors (Lipinski definition) is 1. The zero-order chi connectivity index (χ0) is 16.8. The molecular formula is C20H25N3O. The minimum absolute atomic E-state index is 0.0676. The molecule has 1 atom stereocenters. The summed E-state index contributed by atoms with van der Waals surface area (Å²) >= 11 is 0. The van der Waals surface area contributed by atoms with Crippen LogP contribution in [0.3, 0.4) is 0 Å². The summed E-state index contributed by atoms with van der Waals surface area (Å²) in [5.41, 5.74) is 2.38. The molecule has 1 fully saturated rings. The standard InChI is InChI=1S/C20H25N3O/c1-20(17-8-3-2-4-9-17)11-7-13-23(16-20)15-19(24)22-14-18-10-5-6-12-21-18/h2-6,8-10,12H,7,11,13-16H2,1H3,(H,22,24)/t20-/m0/s1. The van der Waals surface area contributed by atoms with Gasteiger partial charge in [-0.25, -0.2) is 0 Å². The van der Waals surface area contributed by atoms with Crippen molar-refractivity contribution in [3.63, 3.8) is 0 Å². The van der Waals surface area contributed by atoms with Gasteiger partial charge >= 0.3 is 0 Å². The molecule has 24 heavy (non-hydrogen) atoms. The zero-order valence-electron chi connectivity index (χ0n) is 14.2. The van der Waals surface area contributed by atoms with E-state index < -0.39 is 0 Å². The first-order chi connectivity index (χ1) is 11.7. The van der Waals surface area contributed by atoms with Crippen molar-refractivity contribution in [2.45, 2.75) is 31.7 Å². The average molecular weight is 323 g/mol. The zero-order valence-corrected chi connectivity index (χ0v) is 14.2. The summed E-state index contributed by atoms with van der Waals surface area (Å²) in [6.45, 7) is 5.16. The van der Waals surface area contributed by atoms with Crippen LogP contribution in [0.2, 0.25) is 0 Å². The Balaban J connectivity index is 1.54. The number of aromatic nitrogens is 1. The van der Waals surface area contributed by atoms with E-state index in [1.807, 2.05) is 18.2 Å². The molecule has 4 nitrogen and oxygen atoms in total. The van der Waals surface area contributed by atoms with Crippen LogP contribution in [-0.2, 0) is 16.8 Å². The predicted molar refractivity (Wildman–Crippen MR) is 95.6 cm³/mol. The number of likely N-dealkylation sites (tertiary alicyclic amines) is 1. The second kappa shape index (κ2) is 7.58. The number of amides is 1. The van der Waals surface area contributed by atoms with Crippen molar-refractivity contribution in [3.05, 3.63) is 66.0 Å². The lowest BCUT2D eigenvalue weighted by molar-refractivity contribution is -0.122. The lowest BCUT2D eigenvalue weighted by Crippen LogP contribution is -2.48. The number of pyridine rings is 1. The molecule has 1 N–H and O–H groups in total. The van der Waals surface area contributed by atoms with Gasteiger partial charge in [0, 0.05) is 18.2 Å². The number of piperidine rings is 1. The summed E-state index contributed by atoms with van der Waals surface area (Å²) in [5.74, 6) is 0.0676. The fourth-order valence-corrected chi connectivity index (χ4v) is 3.51.